The lowest BCUT2D eigenvalue weighted by atomic mass is 10.0. The van der Waals surface area contributed by atoms with Gasteiger partial charge in [0.2, 0.25) is 0 Å². The maximum atomic E-state index is 13.0. The highest BCUT2D eigenvalue weighted by Crippen LogP contribution is 2.44. The number of sulfonamides is 1. The summed E-state index contributed by atoms with van der Waals surface area (Å²) in [5.41, 5.74) is 2.10. The third-order valence-corrected chi connectivity index (χ3v) is 6.22. The van der Waals surface area contributed by atoms with Crippen LogP contribution < -0.4 is 9.21 Å². The lowest BCUT2D eigenvalue weighted by Crippen LogP contribution is -2.29. The molecule has 25 heavy (non-hydrogen) atoms. The molecule has 0 aromatic heterocycles. The Balaban J connectivity index is 2.10. The third kappa shape index (κ3) is 2.95. The van der Waals surface area contributed by atoms with Gasteiger partial charge in [-0.3, -0.25) is 9.10 Å². The molecule has 0 aliphatic carbocycles. The Morgan fingerprint density at radius 3 is 2.36 bits per heavy atom. The van der Waals surface area contributed by atoms with E-state index in [4.69, 9.17) is 4.74 Å². The van der Waals surface area contributed by atoms with Crippen LogP contribution in [0.2, 0.25) is 0 Å². The Hall–Kier alpha value is -2.54. The Morgan fingerprint density at radius 2 is 1.76 bits per heavy atom. The van der Waals surface area contributed by atoms with E-state index >= 15 is 0 Å². The normalized spacial score (nSPS) is 17.9. The molecule has 0 amide bonds. The molecular formula is C18H20N2O4S. The minimum atomic E-state index is -3.72. The van der Waals surface area contributed by atoms with Crippen LogP contribution in [0.25, 0.3) is 0 Å². The Kier molecular flexibility index (Phi) is 4.43. The van der Waals surface area contributed by atoms with Gasteiger partial charge in [-0.25, -0.2) is 8.42 Å². The van der Waals surface area contributed by atoms with Crippen molar-refractivity contribution >= 4 is 27.4 Å². The van der Waals surface area contributed by atoms with Crippen LogP contribution in [0.5, 0.6) is 0 Å². The molecule has 0 saturated heterocycles. The number of fused-ring (bicyclic) bond motifs is 1. The maximum absolute atomic E-state index is 13.0. The summed E-state index contributed by atoms with van der Waals surface area (Å²) in [6.45, 7) is 0. The number of rotatable bonds is 4. The fourth-order valence-corrected chi connectivity index (χ4v) is 4.93. The molecule has 1 heterocycles. The fraction of sp³-hybridized carbons (Fsp3) is 0.278. The number of hydrogen-bond acceptors (Lipinski definition) is 5. The van der Waals surface area contributed by atoms with Crippen molar-refractivity contribution in [3.63, 3.8) is 0 Å². The molecule has 1 aliphatic rings. The van der Waals surface area contributed by atoms with Crippen molar-refractivity contribution in [2.75, 3.05) is 30.4 Å². The standard InChI is InChI=1S/C18H20N2O4S/c1-19(2)13-8-10-14(11-9-13)20-16(12-18(21)24-3)15-6-4-5-7-17(15)25(20,22)23/h4-11,16H,12H2,1-3H3/t16-/m0/s1. The first-order chi connectivity index (χ1) is 11.9. The molecule has 0 N–H and O–H groups in total. The molecule has 1 aliphatic heterocycles. The molecule has 0 fully saturated rings. The highest BCUT2D eigenvalue weighted by molar-refractivity contribution is 7.93. The SMILES string of the molecule is COC(=O)C[C@H]1c2ccccc2S(=O)(=O)N1c1ccc(N(C)C)cc1. The van der Waals surface area contributed by atoms with Crippen molar-refractivity contribution in [1.82, 2.24) is 0 Å². The summed E-state index contributed by atoms with van der Waals surface area (Å²) in [4.78, 5) is 14.0. The minimum absolute atomic E-state index is 0.0395. The van der Waals surface area contributed by atoms with Crippen molar-refractivity contribution in [2.24, 2.45) is 0 Å². The summed E-state index contributed by atoms with van der Waals surface area (Å²) in [6.07, 6.45) is -0.0395. The van der Waals surface area contributed by atoms with E-state index in [1.165, 1.54) is 11.4 Å². The summed E-state index contributed by atoms with van der Waals surface area (Å²) < 4.78 is 32.2. The van der Waals surface area contributed by atoms with Gasteiger partial charge in [0.25, 0.3) is 10.0 Å². The molecule has 6 nitrogen and oxygen atoms in total. The molecule has 3 rings (SSSR count). The number of carbonyl (C=O) groups excluding carboxylic acids is 1. The predicted octanol–water partition coefficient (Wildman–Crippen LogP) is 2.57. The van der Waals surface area contributed by atoms with E-state index < -0.39 is 22.0 Å². The topological polar surface area (TPSA) is 66.9 Å². The second kappa shape index (κ2) is 6.40. The van der Waals surface area contributed by atoms with Gasteiger partial charge in [0.05, 0.1) is 30.2 Å². The van der Waals surface area contributed by atoms with Gasteiger partial charge in [0, 0.05) is 19.8 Å². The molecule has 0 spiro atoms. The number of nitrogens with zero attached hydrogens (tertiary/aromatic N) is 2. The largest absolute Gasteiger partial charge is 0.469 e. The van der Waals surface area contributed by atoms with E-state index in [-0.39, 0.29) is 11.3 Å². The van der Waals surface area contributed by atoms with Gasteiger partial charge < -0.3 is 9.64 Å². The quantitative estimate of drug-likeness (QED) is 0.784. The number of hydrogen-bond donors (Lipinski definition) is 0. The van der Waals surface area contributed by atoms with Crippen LogP contribution in [0.1, 0.15) is 18.0 Å². The van der Waals surface area contributed by atoms with Crippen molar-refractivity contribution in [2.45, 2.75) is 17.4 Å². The van der Waals surface area contributed by atoms with Crippen LogP contribution in [0.15, 0.2) is 53.4 Å². The maximum Gasteiger partial charge on any atom is 0.307 e. The van der Waals surface area contributed by atoms with Gasteiger partial charge in [-0.1, -0.05) is 18.2 Å². The average Bonchev–Trinajstić information content (AvgIpc) is 2.82. The fourth-order valence-electron chi connectivity index (χ4n) is 3.04. The Bertz CT molecular complexity index is 892. The van der Waals surface area contributed by atoms with E-state index in [1.54, 1.807) is 36.4 Å². The van der Waals surface area contributed by atoms with Crippen LogP contribution in [-0.2, 0) is 19.6 Å². The van der Waals surface area contributed by atoms with Gasteiger partial charge in [-0.15, -0.1) is 0 Å². The monoisotopic (exact) mass is 360 g/mol. The second-order valence-electron chi connectivity index (χ2n) is 6.05. The zero-order valence-electron chi connectivity index (χ0n) is 14.3. The molecule has 0 unspecified atom stereocenters. The highest BCUT2D eigenvalue weighted by atomic mass is 32.2. The molecule has 2 aromatic rings. The Labute approximate surface area is 147 Å². The smallest absolute Gasteiger partial charge is 0.307 e. The number of ether oxygens (including phenoxy) is 1. The Morgan fingerprint density at radius 1 is 1.12 bits per heavy atom. The van der Waals surface area contributed by atoms with E-state index in [1.807, 2.05) is 31.1 Å². The number of benzene rings is 2. The zero-order chi connectivity index (χ0) is 18.2. The van der Waals surface area contributed by atoms with Gasteiger partial charge in [-0.05, 0) is 35.9 Å². The number of esters is 1. The third-order valence-electron chi connectivity index (χ3n) is 4.31. The zero-order valence-corrected chi connectivity index (χ0v) is 15.2. The first kappa shape index (κ1) is 17.3. The van der Waals surface area contributed by atoms with Crippen molar-refractivity contribution < 1.29 is 17.9 Å². The number of carbonyl (C=O) groups is 1. The van der Waals surface area contributed by atoms with Crippen molar-refractivity contribution in [1.29, 1.82) is 0 Å². The molecule has 0 saturated carbocycles. The van der Waals surface area contributed by atoms with Crippen LogP contribution in [0, 0.1) is 0 Å². The summed E-state index contributed by atoms with van der Waals surface area (Å²) in [6, 6.07) is 13.4. The molecule has 0 radical (unpaired) electrons. The lowest BCUT2D eigenvalue weighted by molar-refractivity contribution is -0.141. The lowest BCUT2D eigenvalue weighted by Gasteiger charge is -2.25. The molecule has 0 bridgehead atoms. The van der Waals surface area contributed by atoms with E-state index in [2.05, 4.69) is 0 Å². The molecule has 132 valence electrons. The first-order valence-electron chi connectivity index (χ1n) is 7.84. The minimum Gasteiger partial charge on any atom is -0.469 e. The van der Waals surface area contributed by atoms with Crippen LogP contribution >= 0.6 is 0 Å². The predicted molar refractivity (Wildman–Crippen MR) is 96.2 cm³/mol. The number of anilines is 2. The van der Waals surface area contributed by atoms with Crippen molar-refractivity contribution in [3.8, 4) is 0 Å². The molecule has 1 atom stereocenters. The average molecular weight is 360 g/mol. The van der Waals surface area contributed by atoms with E-state index in [0.29, 0.717) is 11.3 Å². The van der Waals surface area contributed by atoms with Gasteiger partial charge in [0.1, 0.15) is 0 Å². The summed E-state index contributed by atoms with van der Waals surface area (Å²) in [5, 5.41) is 0. The van der Waals surface area contributed by atoms with Gasteiger partial charge in [-0.2, -0.15) is 0 Å². The van der Waals surface area contributed by atoms with Crippen LogP contribution in [0.3, 0.4) is 0 Å². The number of methoxy groups -OCH3 is 1. The van der Waals surface area contributed by atoms with Gasteiger partial charge in [0.15, 0.2) is 0 Å². The molecule has 2 aromatic carbocycles. The summed E-state index contributed by atoms with van der Waals surface area (Å²) >= 11 is 0. The van der Waals surface area contributed by atoms with Crippen molar-refractivity contribution in [3.05, 3.63) is 54.1 Å². The van der Waals surface area contributed by atoms with Gasteiger partial charge >= 0.3 is 5.97 Å². The summed E-state index contributed by atoms with van der Waals surface area (Å²) in [7, 11) is 1.40. The van der Waals surface area contributed by atoms with Crippen LogP contribution in [-0.4, -0.2) is 35.6 Å². The molecule has 7 heteroatoms. The second-order valence-corrected chi connectivity index (χ2v) is 7.83. The van der Waals surface area contributed by atoms with E-state index in [9.17, 15) is 13.2 Å². The van der Waals surface area contributed by atoms with E-state index in [0.717, 1.165) is 5.69 Å². The van der Waals surface area contributed by atoms with Crippen LogP contribution in [0.4, 0.5) is 11.4 Å². The highest BCUT2D eigenvalue weighted by Gasteiger charge is 2.43. The first-order valence-corrected chi connectivity index (χ1v) is 9.28. The molecular weight excluding hydrogens is 340 g/mol. The summed E-state index contributed by atoms with van der Waals surface area (Å²) in [5.74, 6) is -0.452.